The number of carbonyl (C=O) groups is 1. The maximum Gasteiger partial charge on any atom is 0.304 e. The summed E-state index contributed by atoms with van der Waals surface area (Å²) in [6, 6.07) is 10.5. The monoisotopic (exact) mass is 425 g/mol. The maximum absolute atomic E-state index is 14.2. The topological polar surface area (TPSA) is 88.2 Å². The van der Waals surface area contributed by atoms with Gasteiger partial charge in [-0.2, -0.15) is 12.7 Å². The van der Waals surface area contributed by atoms with E-state index >= 15 is 0 Å². The summed E-state index contributed by atoms with van der Waals surface area (Å²) in [6.45, 7) is -0.443. The van der Waals surface area contributed by atoms with Crippen LogP contribution >= 0.6 is 0 Å². The molecule has 0 heterocycles. The summed E-state index contributed by atoms with van der Waals surface area (Å²) in [5, 5.41) is 2.64. The van der Waals surface area contributed by atoms with Crippen LogP contribution in [-0.4, -0.2) is 53.5 Å². The van der Waals surface area contributed by atoms with E-state index in [1.165, 1.54) is 46.5 Å². The van der Waals surface area contributed by atoms with Crippen LogP contribution in [0.2, 0.25) is 0 Å². The van der Waals surface area contributed by atoms with E-state index in [-0.39, 0.29) is 12.2 Å². The molecule has 8 nitrogen and oxygen atoms in total. The standard InChI is InChI=1S/C19H24FN3O5S/c1-22(2)29(25,26)23(16-8-6-5-7-15(16)20)13-19(24)21-12-14-9-10-17(27-3)18(11-14)28-4/h5-11H,12-13H2,1-4H3,(H,21,24). The zero-order chi connectivity index (χ0) is 21.6. The van der Waals surface area contributed by atoms with Crippen molar-refractivity contribution < 1.29 is 27.1 Å². The van der Waals surface area contributed by atoms with Crippen LogP contribution < -0.4 is 19.1 Å². The van der Waals surface area contributed by atoms with Crippen LogP contribution in [0.4, 0.5) is 10.1 Å². The third kappa shape index (κ3) is 5.36. The Kier molecular flexibility index (Phi) is 7.40. The third-order valence-electron chi connectivity index (χ3n) is 4.09. The fourth-order valence-electron chi connectivity index (χ4n) is 2.52. The first-order valence-corrected chi connectivity index (χ1v) is 10.0. The van der Waals surface area contributed by atoms with E-state index < -0.39 is 28.5 Å². The summed E-state index contributed by atoms with van der Waals surface area (Å²) < 4.78 is 51.5. The number of para-hydroxylation sites is 1. The molecular weight excluding hydrogens is 401 g/mol. The van der Waals surface area contributed by atoms with Crippen molar-refractivity contribution in [2.24, 2.45) is 0 Å². The third-order valence-corrected chi connectivity index (χ3v) is 5.89. The second-order valence-electron chi connectivity index (χ2n) is 6.21. The Hall–Kier alpha value is -2.85. The largest absolute Gasteiger partial charge is 0.493 e. The van der Waals surface area contributed by atoms with Crippen molar-refractivity contribution in [2.45, 2.75) is 6.54 Å². The van der Waals surface area contributed by atoms with Crippen molar-refractivity contribution >= 4 is 21.8 Å². The smallest absolute Gasteiger partial charge is 0.304 e. The lowest BCUT2D eigenvalue weighted by Gasteiger charge is -2.27. The minimum Gasteiger partial charge on any atom is -0.493 e. The van der Waals surface area contributed by atoms with Gasteiger partial charge >= 0.3 is 10.2 Å². The number of carbonyl (C=O) groups excluding carboxylic acids is 1. The van der Waals surface area contributed by atoms with Crippen molar-refractivity contribution in [3.05, 3.63) is 53.8 Å². The second-order valence-corrected chi connectivity index (χ2v) is 8.28. The first-order valence-electron chi connectivity index (χ1n) is 8.63. The van der Waals surface area contributed by atoms with Crippen LogP contribution in [0, 0.1) is 5.82 Å². The van der Waals surface area contributed by atoms with E-state index in [4.69, 9.17) is 9.47 Å². The van der Waals surface area contributed by atoms with Gasteiger partial charge in [0.25, 0.3) is 0 Å². The molecule has 0 saturated heterocycles. The molecule has 158 valence electrons. The van der Waals surface area contributed by atoms with Crippen LogP contribution in [0.3, 0.4) is 0 Å². The molecule has 29 heavy (non-hydrogen) atoms. The molecule has 1 N–H and O–H groups in total. The van der Waals surface area contributed by atoms with E-state index in [1.54, 1.807) is 18.2 Å². The van der Waals surface area contributed by atoms with Crippen LogP contribution in [0.5, 0.6) is 11.5 Å². The molecule has 1 amide bonds. The Labute approximate surface area is 170 Å². The average Bonchev–Trinajstić information content (AvgIpc) is 2.70. The summed E-state index contributed by atoms with van der Waals surface area (Å²) in [5.41, 5.74) is 0.520. The molecular formula is C19H24FN3O5S. The summed E-state index contributed by atoms with van der Waals surface area (Å²) in [4.78, 5) is 12.4. The highest BCUT2D eigenvalue weighted by atomic mass is 32.2. The fraction of sp³-hybridized carbons (Fsp3) is 0.316. The normalized spacial score (nSPS) is 11.2. The van der Waals surface area contributed by atoms with Crippen LogP contribution in [0.25, 0.3) is 0 Å². The Balaban J connectivity index is 2.18. The predicted octanol–water partition coefficient (Wildman–Crippen LogP) is 1.77. The van der Waals surface area contributed by atoms with Gasteiger partial charge in [0, 0.05) is 20.6 Å². The lowest BCUT2D eigenvalue weighted by atomic mass is 10.2. The lowest BCUT2D eigenvalue weighted by Crippen LogP contribution is -2.46. The fourth-order valence-corrected chi connectivity index (χ4v) is 3.59. The van der Waals surface area contributed by atoms with Gasteiger partial charge in [-0.1, -0.05) is 18.2 Å². The SMILES string of the molecule is COc1ccc(CNC(=O)CN(c2ccccc2F)S(=O)(=O)N(C)C)cc1OC. The summed E-state index contributed by atoms with van der Waals surface area (Å²) in [5.74, 6) is -0.285. The van der Waals surface area contributed by atoms with E-state index in [9.17, 15) is 17.6 Å². The Morgan fingerprint density at radius 3 is 2.31 bits per heavy atom. The van der Waals surface area contributed by atoms with Crippen molar-refractivity contribution in [3.8, 4) is 11.5 Å². The Morgan fingerprint density at radius 2 is 1.72 bits per heavy atom. The summed E-state index contributed by atoms with van der Waals surface area (Å²) in [6.07, 6.45) is 0. The van der Waals surface area contributed by atoms with Gasteiger partial charge in [0.1, 0.15) is 12.4 Å². The predicted molar refractivity (Wildman–Crippen MR) is 108 cm³/mol. The number of nitrogens with one attached hydrogen (secondary N) is 1. The average molecular weight is 425 g/mol. The Bertz CT molecular complexity index is 966. The van der Waals surface area contributed by atoms with Gasteiger partial charge in [-0.25, -0.2) is 8.70 Å². The molecule has 2 aromatic rings. The number of benzene rings is 2. The molecule has 0 aromatic heterocycles. The molecule has 0 aliphatic carbocycles. The number of ether oxygens (including phenoxy) is 2. The number of anilines is 1. The van der Waals surface area contributed by atoms with Crippen LogP contribution in [0.15, 0.2) is 42.5 Å². The molecule has 2 rings (SSSR count). The number of rotatable bonds is 9. The Morgan fingerprint density at radius 1 is 1.07 bits per heavy atom. The zero-order valence-electron chi connectivity index (χ0n) is 16.7. The molecule has 0 bridgehead atoms. The first kappa shape index (κ1) is 22.4. The van der Waals surface area contributed by atoms with Crippen molar-refractivity contribution in [1.29, 1.82) is 0 Å². The maximum atomic E-state index is 14.2. The molecule has 0 saturated carbocycles. The molecule has 10 heteroatoms. The number of nitrogens with zero attached hydrogens (tertiary/aromatic N) is 2. The number of hydrogen-bond acceptors (Lipinski definition) is 5. The molecule has 0 radical (unpaired) electrons. The van der Waals surface area contributed by atoms with Gasteiger partial charge in [-0.3, -0.25) is 4.79 Å². The molecule has 0 aliphatic rings. The van der Waals surface area contributed by atoms with Crippen molar-refractivity contribution in [3.63, 3.8) is 0 Å². The van der Waals surface area contributed by atoms with E-state index in [0.717, 1.165) is 20.2 Å². The van der Waals surface area contributed by atoms with E-state index in [0.29, 0.717) is 11.5 Å². The van der Waals surface area contributed by atoms with E-state index in [2.05, 4.69) is 5.32 Å². The number of amides is 1. The lowest BCUT2D eigenvalue weighted by molar-refractivity contribution is -0.119. The zero-order valence-corrected chi connectivity index (χ0v) is 17.5. The van der Waals surface area contributed by atoms with Gasteiger partial charge in [-0.15, -0.1) is 0 Å². The van der Waals surface area contributed by atoms with Gasteiger partial charge in [0.05, 0.1) is 19.9 Å². The van der Waals surface area contributed by atoms with Crippen molar-refractivity contribution in [1.82, 2.24) is 9.62 Å². The second kappa shape index (κ2) is 9.57. The highest BCUT2D eigenvalue weighted by Crippen LogP contribution is 2.27. The van der Waals surface area contributed by atoms with Gasteiger partial charge in [-0.05, 0) is 29.8 Å². The molecule has 0 fully saturated rings. The molecule has 0 spiro atoms. The van der Waals surface area contributed by atoms with Gasteiger partial charge in [0.15, 0.2) is 11.5 Å². The molecule has 0 unspecified atom stereocenters. The number of methoxy groups -OCH3 is 2. The first-order chi connectivity index (χ1) is 13.7. The summed E-state index contributed by atoms with van der Waals surface area (Å²) in [7, 11) is 1.55. The quantitative estimate of drug-likeness (QED) is 0.662. The van der Waals surface area contributed by atoms with Gasteiger partial charge < -0.3 is 14.8 Å². The number of hydrogen-bond donors (Lipinski definition) is 1. The number of halogens is 1. The molecule has 2 aromatic carbocycles. The van der Waals surface area contributed by atoms with E-state index in [1.807, 2.05) is 0 Å². The van der Waals surface area contributed by atoms with Crippen LogP contribution in [-0.2, 0) is 21.5 Å². The van der Waals surface area contributed by atoms with Gasteiger partial charge in [0.2, 0.25) is 5.91 Å². The molecule has 0 aliphatic heterocycles. The van der Waals surface area contributed by atoms with Crippen molar-refractivity contribution in [2.75, 3.05) is 39.2 Å². The molecule has 0 atom stereocenters. The summed E-state index contributed by atoms with van der Waals surface area (Å²) >= 11 is 0. The minimum atomic E-state index is -4.08. The minimum absolute atomic E-state index is 0.131. The van der Waals surface area contributed by atoms with Crippen LogP contribution in [0.1, 0.15) is 5.56 Å². The highest BCUT2D eigenvalue weighted by Gasteiger charge is 2.29. The highest BCUT2D eigenvalue weighted by molar-refractivity contribution is 7.90.